The molecular formula is C14H26N2O. The maximum Gasteiger partial charge on any atom is 0.105 e. The highest BCUT2D eigenvalue weighted by Gasteiger charge is 2.08. The van der Waals surface area contributed by atoms with Crippen molar-refractivity contribution in [3.63, 3.8) is 0 Å². The summed E-state index contributed by atoms with van der Waals surface area (Å²) in [5.41, 5.74) is 1.51. The molecule has 0 aliphatic heterocycles. The van der Waals surface area contributed by atoms with Crippen LogP contribution in [0.15, 0.2) is 16.7 Å². The zero-order chi connectivity index (χ0) is 12.9. The van der Waals surface area contributed by atoms with Crippen LogP contribution in [0, 0.1) is 6.92 Å². The van der Waals surface area contributed by atoms with E-state index in [1.165, 1.54) is 12.0 Å². The van der Waals surface area contributed by atoms with E-state index < -0.39 is 0 Å². The Bertz CT molecular complexity index is 325. The van der Waals surface area contributed by atoms with E-state index in [2.05, 4.69) is 44.1 Å². The fourth-order valence-corrected chi connectivity index (χ4v) is 1.76. The highest BCUT2D eigenvalue weighted by atomic mass is 16.3. The van der Waals surface area contributed by atoms with Crippen LogP contribution in [0.1, 0.15) is 38.5 Å². The molecular weight excluding hydrogens is 212 g/mol. The smallest absolute Gasteiger partial charge is 0.105 e. The van der Waals surface area contributed by atoms with Gasteiger partial charge in [0.05, 0.1) is 6.26 Å². The normalized spacial score (nSPS) is 12.4. The van der Waals surface area contributed by atoms with Gasteiger partial charge < -0.3 is 14.6 Å². The summed E-state index contributed by atoms with van der Waals surface area (Å²) in [7, 11) is 2.16. The molecule has 1 aromatic rings. The molecule has 17 heavy (non-hydrogen) atoms. The molecule has 0 atom stereocenters. The largest absolute Gasteiger partial charge is 0.469 e. The van der Waals surface area contributed by atoms with Crippen molar-refractivity contribution in [3.05, 3.63) is 23.7 Å². The predicted octanol–water partition coefficient (Wildman–Crippen LogP) is 2.80. The summed E-state index contributed by atoms with van der Waals surface area (Å²) in [6, 6.07) is 2.05. The maximum absolute atomic E-state index is 5.30. The summed E-state index contributed by atoms with van der Waals surface area (Å²) in [6.45, 7) is 11.8. The molecule has 0 saturated carbocycles. The molecule has 1 N–H and O–H groups in total. The monoisotopic (exact) mass is 238 g/mol. The lowest BCUT2D eigenvalue weighted by molar-refractivity contribution is 0.308. The van der Waals surface area contributed by atoms with Crippen molar-refractivity contribution in [1.82, 2.24) is 10.2 Å². The lowest BCUT2D eigenvalue weighted by atomic mass is 10.1. The Morgan fingerprint density at radius 1 is 1.35 bits per heavy atom. The Hall–Kier alpha value is -0.800. The lowest BCUT2D eigenvalue weighted by Crippen LogP contribution is -2.37. The second-order valence-electron chi connectivity index (χ2n) is 5.77. The van der Waals surface area contributed by atoms with Crippen LogP contribution in [0.3, 0.4) is 0 Å². The third kappa shape index (κ3) is 5.89. The van der Waals surface area contributed by atoms with Crippen molar-refractivity contribution in [3.8, 4) is 0 Å². The molecule has 3 nitrogen and oxygen atoms in total. The third-order valence-electron chi connectivity index (χ3n) is 2.78. The zero-order valence-electron chi connectivity index (χ0n) is 11.8. The molecule has 1 heterocycles. The molecule has 0 unspecified atom stereocenters. The van der Waals surface area contributed by atoms with E-state index in [1.807, 2.05) is 6.92 Å². The van der Waals surface area contributed by atoms with Crippen molar-refractivity contribution in [2.24, 2.45) is 0 Å². The number of hydrogen-bond acceptors (Lipinski definition) is 3. The van der Waals surface area contributed by atoms with Crippen molar-refractivity contribution in [2.75, 3.05) is 20.1 Å². The van der Waals surface area contributed by atoms with Crippen LogP contribution in [0.5, 0.6) is 0 Å². The summed E-state index contributed by atoms with van der Waals surface area (Å²) in [5, 5.41) is 3.50. The van der Waals surface area contributed by atoms with Gasteiger partial charge >= 0.3 is 0 Å². The summed E-state index contributed by atoms with van der Waals surface area (Å²) >= 11 is 0. The molecule has 0 aliphatic rings. The van der Waals surface area contributed by atoms with E-state index in [1.54, 1.807) is 6.26 Å². The molecule has 0 fully saturated rings. The minimum atomic E-state index is 0.222. The Morgan fingerprint density at radius 2 is 2.06 bits per heavy atom. The fourth-order valence-electron chi connectivity index (χ4n) is 1.76. The standard InChI is InChI=1S/C14H26N2O/c1-12-13(7-10-17-12)11-16(5)9-6-8-15-14(2,3)4/h7,10,15H,6,8-9,11H2,1-5H3. The second kappa shape index (κ2) is 6.22. The number of hydrogen-bond donors (Lipinski definition) is 1. The van der Waals surface area contributed by atoms with Gasteiger partial charge in [-0.1, -0.05) is 0 Å². The van der Waals surface area contributed by atoms with Crippen LogP contribution in [-0.4, -0.2) is 30.6 Å². The van der Waals surface area contributed by atoms with Gasteiger partial charge in [-0.05, 0) is 60.3 Å². The van der Waals surface area contributed by atoms with Crippen LogP contribution in [0.4, 0.5) is 0 Å². The Labute approximate surface area is 105 Å². The third-order valence-corrected chi connectivity index (χ3v) is 2.78. The highest BCUT2D eigenvalue weighted by molar-refractivity contribution is 5.14. The van der Waals surface area contributed by atoms with Crippen molar-refractivity contribution < 1.29 is 4.42 Å². The van der Waals surface area contributed by atoms with Crippen LogP contribution < -0.4 is 5.32 Å². The molecule has 3 heteroatoms. The fraction of sp³-hybridized carbons (Fsp3) is 0.714. The SMILES string of the molecule is Cc1occc1CN(C)CCCNC(C)(C)C. The Morgan fingerprint density at radius 3 is 2.59 bits per heavy atom. The van der Waals surface area contributed by atoms with Crippen molar-refractivity contribution in [1.29, 1.82) is 0 Å². The van der Waals surface area contributed by atoms with Gasteiger partial charge in [-0.3, -0.25) is 0 Å². The lowest BCUT2D eigenvalue weighted by Gasteiger charge is -2.22. The number of nitrogens with one attached hydrogen (secondary N) is 1. The molecule has 1 rings (SSSR count). The van der Waals surface area contributed by atoms with Gasteiger partial charge in [0.1, 0.15) is 5.76 Å². The first kappa shape index (κ1) is 14.3. The first-order chi connectivity index (χ1) is 7.88. The molecule has 0 saturated heterocycles. The minimum Gasteiger partial charge on any atom is -0.469 e. The van der Waals surface area contributed by atoms with Crippen molar-refractivity contribution >= 4 is 0 Å². The first-order valence-electron chi connectivity index (χ1n) is 6.35. The van der Waals surface area contributed by atoms with Gasteiger partial charge in [0, 0.05) is 17.6 Å². The molecule has 1 aromatic heterocycles. The van der Waals surface area contributed by atoms with Crippen LogP contribution in [0.2, 0.25) is 0 Å². The average Bonchev–Trinajstić information content (AvgIpc) is 2.58. The number of aryl methyl sites for hydroxylation is 1. The minimum absolute atomic E-state index is 0.222. The molecule has 0 bridgehead atoms. The molecule has 0 aromatic carbocycles. The predicted molar refractivity (Wildman–Crippen MR) is 72.2 cm³/mol. The topological polar surface area (TPSA) is 28.4 Å². The number of nitrogens with zero attached hydrogens (tertiary/aromatic N) is 1. The van der Waals surface area contributed by atoms with Gasteiger partial charge in [0.25, 0.3) is 0 Å². The first-order valence-corrected chi connectivity index (χ1v) is 6.35. The molecule has 0 aliphatic carbocycles. The van der Waals surface area contributed by atoms with E-state index in [0.717, 1.165) is 25.4 Å². The molecule has 0 radical (unpaired) electrons. The van der Waals surface area contributed by atoms with E-state index in [4.69, 9.17) is 4.42 Å². The van der Waals surface area contributed by atoms with Gasteiger partial charge in [0.2, 0.25) is 0 Å². The quantitative estimate of drug-likeness (QED) is 0.773. The maximum atomic E-state index is 5.30. The average molecular weight is 238 g/mol. The number of furan rings is 1. The summed E-state index contributed by atoms with van der Waals surface area (Å²) in [6.07, 6.45) is 2.93. The Kier molecular flexibility index (Phi) is 5.22. The van der Waals surface area contributed by atoms with E-state index in [0.29, 0.717) is 0 Å². The van der Waals surface area contributed by atoms with E-state index in [-0.39, 0.29) is 5.54 Å². The molecule has 98 valence electrons. The van der Waals surface area contributed by atoms with Crippen LogP contribution in [-0.2, 0) is 6.54 Å². The van der Waals surface area contributed by atoms with Gasteiger partial charge in [0.15, 0.2) is 0 Å². The summed E-state index contributed by atoms with van der Waals surface area (Å²) in [4.78, 5) is 2.34. The van der Waals surface area contributed by atoms with E-state index in [9.17, 15) is 0 Å². The molecule has 0 spiro atoms. The van der Waals surface area contributed by atoms with Gasteiger partial charge in [-0.15, -0.1) is 0 Å². The van der Waals surface area contributed by atoms with Crippen LogP contribution >= 0.6 is 0 Å². The van der Waals surface area contributed by atoms with Gasteiger partial charge in [-0.25, -0.2) is 0 Å². The highest BCUT2D eigenvalue weighted by Crippen LogP contribution is 2.10. The van der Waals surface area contributed by atoms with E-state index >= 15 is 0 Å². The second-order valence-corrected chi connectivity index (χ2v) is 5.77. The molecule has 0 amide bonds. The van der Waals surface area contributed by atoms with Crippen molar-refractivity contribution in [2.45, 2.75) is 46.2 Å². The summed E-state index contributed by atoms with van der Waals surface area (Å²) < 4.78 is 5.30. The zero-order valence-corrected chi connectivity index (χ0v) is 11.8. The van der Waals surface area contributed by atoms with Gasteiger partial charge in [-0.2, -0.15) is 0 Å². The Balaban J connectivity index is 2.18. The van der Waals surface area contributed by atoms with Crippen LogP contribution in [0.25, 0.3) is 0 Å². The summed E-state index contributed by atoms with van der Waals surface area (Å²) in [5.74, 6) is 1.03. The number of rotatable bonds is 6.